The van der Waals surface area contributed by atoms with Gasteiger partial charge >= 0.3 is 0 Å². The summed E-state index contributed by atoms with van der Waals surface area (Å²) in [6, 6.07) is 0. The lowest BCUT2D eigenvalue weighted by Crippen LogP contribution is -2.51. The van der Waals surface area contributed by atoms with Crippen LogP contribution in [-0.2, 0) is 0 Å². The van der Waals surface area contributed by atoms with E-state index in [-0.39, 0.29) is 12.0 Å². The van der Waals surface area contributed by atoms with Crippen molar-refractivity contribution in [2.75, 3.05) is 13.1 Å². The molecule has 0 aromatic carbocycles. The molecule has 0 saturated carbocycles. The normalized spacial score (nSPS) is 27.1. The van der Waals surface area contributed by atoms with Crippen molar-refractivity contribution in [2.24, 2.45) is 0 Å². The molecule has 4 heteroatoms. The van der Waals surface area contributed by atoms with Gasteiger partial charge in [-0.25, -0.2) is 13.8 Å². The van der Waals surface area contributed by atoms with Gasteiger partial charge in [-0.1, -0.05) is 24.3 Å². The van der Waals surface area contributed by atoms with Gasteiger partial charge < -0.3 is 5.01 Å². The van der Waals surface area contributed by atoms with Crippen molar-refractivity contribution < 1.29 is 8.78 Å². The van der Waals surface area contributed by atoms with Crippen molar-refractivity contribution in [2.45, 2.75) is 52.0 Å². The van der Waals surface area contributed by atoms with E-state index in [1.54, 1.807) is 12.3 Å². The lowest BCUT2D eigenvalue weighted by molar-refractivity contribution is -0.0162. The third kappa shape index (κ3) is 3.02. The van der Waals surface area contributed by atoms with Crippen LogP contribution in [0.15, 0.2) is 47.7 Å². The first-order valence-corrected chi connectivity index (χ1v) is 7.97. The first kappa shape index (κ1) is 16.9. The molecule has 2 nitrogen and oxygen atoms in total. The van der Waals surface area contributed by atoms with Crippen LogP contribution < -0.4 is 0 Å². The molecule has 1 aliphatic carbocycles. The molecule has 1 fully saturated rings. The summed E-state index contributed by atoms with van der Waals surface area (Å²) in [5, 5.41) is 4.17. The lowest BCUT2D eigenvalue weighted by Gasteiger charge is -2.43. The average Bonchev–Trinajstić information content (AvgIpc) is 2.91. The molecular formula is C18H26F2N2. The van der Waals surface area contributed by atoms with Crippen LogP contribution in [0.5, 0.6) is 0 Å². The molecule has 1 aliphatic heterocycles. The molecule has 0 bridgehead atoms. The van der Waals surface area contributed by atoms with Crippen LogP contribution in [0, 0.1) is 0 Å². The van der Waals surface area contributed by atoms with Gasteiger partial charge in [-0.2, -0.15) is 0 Å². The van der Waals surface area contributed by atoms with E-state index >= 15 is 0 Å². The molecule has 2 rings (SSSR count). The van der Waals surface area contributed by atoms with Crippen molar-refractivity contribution in [3.8, 4) is 0 Å². The van der Waals surface area contributed by atoms with E-state index < -0.39 is 11.7 Å². The van der Waals surface area contributed by atoms with E-state index in [0.717, 1.165) is 19.4 Å². The zero-order valence-electron chi connectivity index (χ0n) is 13.8. The molecular weight excluding hydrogens is 282 g/mol. The molecule has 2 aliphatic rings. The summed E-state index contributed by atoms with van der Waals surface area (Å²) in [4.78, 5) is 0. The fourth-order valence-corrected chi connectivity index (χ4v) is 3.38. The first-order valence-electron chi connectivity index (χ1n) is 7.97. The minimum atomic E-state index is -0.693. The number of hydrogen-bond donors (Lipinski definition) is 0. The zero-order chi connectivity index (χ0) is 16.3. The number of halogens is 2. The van der Waals surface area contributed by atoms with E-state index in [4.69, 9.17) is 0 Å². The number of allylic oxidation sites excluding steroid dienone is 3. The van der Waals surface area contributed by atoms with Gasteiger partial charge in [0.05, 0.1) is 12.1 Å². The fraction of sp³-hybridized carbons (Fsp3) is 0.556. The van der Waals surface area contributed by atoms with E-state index in [9.17, 15) is 8.78 Å². The largest absolute Gasteiger partial charge is 0.308 e. The molecule has 1 heterocycles. The Kier molecular flexibility index (Phi) is 5.22. The zero-order valence-corrected chi connectivity index (χ0v) is 13.8. The molecule has 0 spiro atoms. The Hall–Kier alpha value is -1.42. The van der Waals surface area contributed by atoms with Crippen LogP contribution >= 0.6 is 0 Å². The molecule has 0 amide bonds. The highest BCUT2D eigenvalue weighted by Crippen LogP contribution is 2.37. The molecule has 0 aromatic rings. The fourth-order valence-electron chi connectivity index (χ4n) is 3.38. The second kappa shape index (κ2) is 6.78. The predicted octanol–water partition coefficient (Wildman–Crippen LogP) is 5.04. The molecule has 22 heavy (non-hydrogen) atoms. The van der Waals surface area contributed by atoms with Crippen molar-refractivity contribution in [1.82, 2.24) is 10.0 Å². The maximum atomic E-state index is 14.0. The Labute approximate surface area is 132 Å². The molecule has 1 saturated heterocycles. The Morgan fingerprint density at radius 2 is 2.23 bits per heavy atom. The van der Waals surface area contributed by atoms with Crippen molar-refractivity contribution in [1.29, 1.82) is 0 Å². The quantitative estimate of drug-likeness (QED) is 0.657. The van der Waals surface area contributed by atoms with Gasteiger partial charge in [0, 0.05) is 24.7 Å². The van der Waals surface area contributed by atoms with Crippen LogP contribution in [0.4, 0.5) is 8.78 Å². The number of nitrogens with zero attached hydrogens (tertiary/aromatic N) is 2. The van der Waals surface area contributed by atoms with Crippen LogP contribution in [0.3, 0.4) is 0 Å². The standard InChI is InChI=1S/C18H26F2N2/c1-5-14(3)18(4)11-8-12-22(18)21(6-2)13-15-9-7-10-16(19)17(15)20/h5-6,9H,2,7-8,10-13H2,1,3-4H3/b14-5+. The summed E-state index contributed by atoms with van der Waals surface area (Å²) in [5.41, 5.74) is 1.63. The Bertz CT molecular complexity index is 533. The predicted molar refractivity (Wildman–Crippen MR) is 87.2 cm³/mol. The number of rotatable bonds is 5. The molecule has 0 radical (unpaired) electrons. The second-order valence-corrected chi connectivity index (χ2v) is 6.24. The van der Waals surface area contributed by atoms with Gasteiger partial charge in [0.2, 0.25) is 0 Å². The highest BCUT2D eigenvalue weighted by molar-refractivity contribution is 5.32. The third-order valence-corrected chi connectivity index (χ3v) is 5.01. The van der Waals surface area contributed by atoms with Gasteiger partial charge in [0.15, 0.2) is 5.83 Å². The maximum absolute atomic E-state index is 14.0. The van der Waals surface area contributed by atoms with E-state index in [1.165, 1.54) is 5.57 Å². The minimum Gasteiger partial charge on any atom is -0.308 e. The maximum Gasteiger partial charge on any atom is 0.159 e. The summed E-state index contributed by atoms with van der Waals surface area (Å²) in [6.45, 7) is 11.5. The monoisotopic (exact) mass is 308 g/mol. The van der Waals surface area contributed by atoms with Gasteiger partial charge in [-0.05, 0) is 40.0 Å². The van der Waals surface area contributed by atoms with Gasteiger partial charge in [0.1, 0.15) is 5.83 Å². The average molecular weight is 308 g/mol. The third-order valence-electron chi connectivity index (χ3n) is 5.01. The number of hydrogen-bond acceptors (Lipinski definition) is 2. The van der Waals surface area contributed by atoms with Crippen molar-refractivity contribution in [3.63, 3.8) is 0 Å². The van der Waals surface area contributed by atoms with Crippen LogP contribution in [-0.4, -0.2) is 28.6 Å². The Morgan fingerprint density at radius 3 is 2.86 bits per heavy atom. The Morgan fingerprint density at radius 1 is 1.50 bits per heavy atom. The molecule has 0 N–H and O–H groups in total. The van der Waals surface area contributed by atoms with E-state index in [2.05, 4.69) is 31.5 Å². The minimum absolute atomic E-state index is 0.0864. The Balaban J connectivity index is 2.22. The SMILES string of the molecule is C=CN(CC1=CCCC(F)=C1F)N1CCCC1(C)/C(C)=C/C. The second-order valence-electron chi connectivity index (χ2n) is 6.24. The summed E-state index contributed by atoms with van der Waals surface area (Å²) < 4.78 is 27.5. The highest BCUT2D eigenvalue weighted by Gasteiger charge is 2.40. The summed E-state index contributed by atoms with van der Waals surface area (Å²) in [6.07, 6.45) is 8.50. The summed E-state index contributed by atoms with van der Waals surface area (Å²) in [5.74, 6) is -1.32. The smallest absolute Gasteiger partial charge is 0.159 e. The lowest BCUT2D eigenvalue weighted by atomic mass is 9.90. The molecule has 1 atom stereocenters. The molecule has 122 valence electrons. The topological polar surface area (TPSA) is 6.48 Å². The molecule has 1 unspecified atom stereocenters. The van der Waals surface area contributed by atoms with Crippen molar-refractivity contribution >= 4 is 0 Å². The first-order chi connectivity index (χ1) is 10.4. The van der Waals surface area contributed by atoms with Crippen LogP contribution in [0.2, 0.25) is 0 Å². The van der Waals surface area contributed by atoms with E-state index in [0.29, 0.717) is 18.5 Å². The van der Waals surface area contributed by atoms with Crippen LogP contribution in [0.1, 0.15) is 46.5 Å². The van der Waals surface area contributed by atoms with Gasteiger partial charge in [0.25, 0.3) is 0 Å². The van der Waals surface area contributed by atoms with Crippen molar-refractivity contribution in [3.05, 3.63) is 47.7 Å². The molecule has 0 aromatic heterocycles. The number of hydrazine groups is 1. The van der Waals surface area contributed by atoms with Gasteiger partial charge in [-0.3, -0.25) is 0 Å². The summed E-state index contributed by atoms with van der Waals surface area (Å²) in [7, 11) is 0. The van der Waals surface area contributed by atoms with Crippen LogP contribution in [0.25, 0.3) is 0 Å². The highest BCUT2D eigenvalue weighted by atomic mass is 19.2. The van der Waals surface area contributed by atoms with E-state index in [1.807, 2.05) is 11.9 Å². The van der Waals surface area contributed by atoms with Gasteiger partial charge in [-0.15, -0.1) is 0 Å². The summed E-state index contributed by atoms with van der Waals surface area (Å²) >= 11 is 0.